The van der Waals surface area contributed by atoms with Crippen LogP contribution >= 0.6 is 18.5 Å². The van der Waals surface area contributed by atoms with Gasteiger partial charge in [-0.25, -0.2) is 41.3 Å². The van der Waals surface area contributed by atoms with Crippen LogP contribution in [0.25, 0.3) is 11.1 Å². The van der Waals surface area contributed by atoms with Crippen molar-refractivity contribution in [2.75, 3.05) is 0 Å². The standard InChI is InChI=1S/C37H29F6N7O2P2/c38-23-9-20(10-24(39)13-23)11-28(48-29(51)17-50-33-30(32(49-50)34(40)41)36(42,43)7-8-37(33,53)54)31-26(21-2-3-22-16-46-35(52)27(22)12-21)6-5-25(47-31)4-1-19-14-44-18-45-15-19/h2-3,5-6,9-10,12-15,18,28,34H,7-8,11,16-17,53-54H2,(H,46,52)(H,48,51)/t28-/m0/s1. The molecule has 17 heteroatoms. The van der Waals surface area contributed by atoms with Gasteiger partial charge in [0.15, 0.2) is 0 Å². The number of alkyl halides is 4. The summed E-state index contributed by atoms with van der Waals surface area (Å²) < 4.78 is 88.4. The first-order valence-corrected chi connectivity index (χ1v) is 17.6. The highest BCUT2D eigenvalue weighted by molar-refractivity contribution is 7.39. The maximum atomic E-state index is 15.2. The van der Waals surface area contributed by atoms with Crippen LogP contribution < -0.4 is 10.6 Å². The highest BCUT2D eigenvalue weighted by Crippen LogP contribution is 2.56. The summed E-state index contributed by atoms with van der Waals surface area (Å²) in [6.45, 7) is -0.420. The molecule has 9 nitrogen and oxygen atoms in total. The van der Waals surface area contributed by atoms with E-state index in [0.717, 1.165) is 22.4 Å². The molecule has 2 amide bonds. The number of benzene rings is 2. The molecule has 7 rings (SSSR count). The average molecular weight is 780 g/mol. The smallest absolute Gasteiger partial charge is 0.282 e. The number of halogens is 6. The molecule has 0 radical (unpaired) electrons. The van der Waals surface area contributed by atoms with Crippen molar-refractivity contribution in [3.05, 3.63) is 129 Å². The van der Waals surface area contributed by atoms with Gasteiger partial charge >= 0.3 is 0 Å². The third kappa shape index (κ3) is 7.59. The van der Waals surface area contributed by atoms with E-state index in [0.29, 0.717) is 34.9 Å². The van der Waals surface area contributed by atoms with Crippen molar-refractivity contribution in [2.45, 2.75) is 55.6 Å². The predicted octanol–water partition coefficient (Wildman–Crippen LogP) is 6.48. The zero-order chi connectivity index (χ0) is 38.4. The van der Waals surface area contributed by atoms with E-state index in [2.05, 4.69) is 56.0 Å². The number of carbonyl (C=O) groups is 2. The molecule has 276 valence electrons. The monoisotopic (exact) mass is 779 g/mol. The number of fused-ring (bicyclic) bond motifs is 2. The lowest BCUT2D eigenvalue weighted by Gasteiger charge is -2.35. The van der Waals surface area contributed by atoms with E-state index in [4.69, 9.17) is 4.98 Å². The molecule has 0 saturated carbocycles. The number of rotatable bonds is 8. The van der Waals surface area contributed by atoms with E-state index in [1.807, 2.05) is 0 Å². The Labute approximate surface area is 309 Å². The summed E-state index contributed by atoms with van der Waals surface area (Å²) >= 11 is 0. The zero-order valence-corrected chi connectivity index (χ0v) is 30.3. The lowest BCUT2D eigenvalue weighted by molar-refractivity contribution is -0.122. The molecule has 2 N–H and O–H groups in total. The Morgan fingerprint density at radius 2 is 1.70 bits per heavy atom. The number of nitrogens with one attached hydrogen (secondary N) is 2. The van der Waals surface area contributed by atoms with E-state index >= 15 is 8.78 Å². The average Bonchev–Trinajstić information content (AvgIpc) is 3.71. The van der Waals surface area contributed by atoms with Gasteiger partial charge < -0.3 is 10.6 Å². The summed E-state index contributed by atoms with van der Waals surface area (Å²) in [6.07, 6.45) is -0.0759. The van der Waals surface area contributed by atoms with Gasteiger partial charge in [0.25, 0.3) is 18.3 Å². The Hall–Kier alpha value is -5.18. The molecule has 54 heavy (non-hydrogen) atoms. The van der Waals surface area contributed by atoms with Crippen LogP contribution in [0.5, 0.6) is 0 Å². The lowest BCUT2D eigenvalue weighted by atomic mass is 9.91. The second-order valence-electron chi connectivity index (χ2n) is 13.0. The van der Waals surface area contributed by atoms with Crippen molar-refractivity contribution in [1.29, 1.82) is 0 Å². The molecule has 0 spiro atoms. The number of hydrogen-bond acceptors (Lipinski definition) is 6. The molecule has 0 fully saturated rings. The molecule has 3 atom stereocenters. The van der Waals surface area contributed by atoms with E-state index < -0.39 is 65.1 Å². The van der Waals surface area contributed by atoms with Crippen LogP contribution in [0, 0.1) is 23.5 Å². The number of amides is 2. The second kappa shape index (κ2) is 14.6. The van der Waals surface area contributed by atoms with Crippen molar-refractivity contribution >= 4 is 30.3 Å². The van der Waals surface area contributed by atoms with Crippen molar-refractivity contribution in [2.24, 2.45) is 0 Å². The fraction of sp³-hybridized carbons (Fsp3) is 0.243. The van der Waals surface area contributed by atoms with Gasteiger partial charge in [0, 0.05) is 47.4 Å². The van der Waals surface area contributed by atoms with Crippen molar-refractivity contribution in [3.8, 4) is 23.0 Å². The van der Waals surface area contributed by atoms with Crippen LogP contribution in [0.15, 0.2) is 67.3 Å². The molecule has 0 saturated heterocycles. The first-order valence-electron chi connectivity index (χ1n) is 16.5. The number of aromatic nitrogens is 5. The number of hydrogen-bond donors (Lipinski definition) is 2. The maximum Gasteiger partial charge on any atom is 0.282 e. The highest BCUT2D eigenvalue weighted by atomic mass is 31.1. The van der Waals surface area contributed by atoms with E-state index in [1.54, 1.807) is 30.3 Å². The van der Waals surface area contributed by atoms with E-state index in [-0.39, 0.29) is 41.4 Å². The van der Waals surface area contributed by atoms with Crippen LogP contribution in [0.3, 0.4) is 0 Å². The molecule has 2 unspecified atom stereocenters. The summed E-state index contributed by atoms with van der Waals surface area (Å²) in [5, 5.41) is 9.35. The summed E-state index contributed by atoms with van der Waals surface area (Å²) in [7, 11) is 4.74. The largest absolute Gasteiger partial charge is 0.348 e. The van der Waals surface area contributed by atoms with Crippen LogP contribution in [0.4, 0.5) is 26.3 Å². The Balaban J connectivity index is 1.34. The summed E-state index contributed by atoms with van der Waals surface area (Å²) in [5.41, 5.74) is 0.851. The zero-order valence-electron chi connectivity index (χ0n) is 28.0. The molecule has 2 aliphatic rings. The van der Waals surface area contributed by atoms with E-state index in [1.165, 1.54) is 18.7 Å². The maximum absolute atomic E-state index is 15.2. The van der Waals surface area contributed by atoms with Crippen LogP contribution in [0.1, 0.15) is 80.7 Å². The van der Waals surface area contributed by atoms with Gasteiger partial charge in [-0.3, -0.25) is 14.3 Å². The quantitative estimate of drug-likeness (QED) is 0.106. The minimum absolute atomic E-state index is 0.124. The molecular weight excluding hydrogens is 750 g/mol. The molecule has 4 heterocycles. The second-order valence-corrected chi connectivity index (χ2v) is 15.7. The van der Waals surface area contributed by atoms with Crippen molar-refractivity contribution in [1.82, 2.24) is 35.4 Å². The van der Waals surface area contributed by atoms with E-state index in [9.17, 15) is 27.2 Å². The fourth-order valence-electron chi connectivity index (χ4n) is 6.68. The summed E-state index contributed by atoms with van der Waals surface area (Å²) in [6, 6.07) is 10.1. The first-order chi connectivity index (χ1) is 25.7. The minimum atomic E-state index is -3.62. The number of nitrogens with zero attached hydrogens (tertiary/aromatic N) is 5. The van der Waals surface area contributed by atoms with Crippen LogP contribution in [-0.4, -0.2) is 36.5 Å². The Kier molecular flexibility index (Phi) is 10.0. The van der Waals surface area contributed by atoms with Crippen LogP contribution in [0.2, 0.25) is 0 Å². The predicted molar refractivity (Wildman–Crippen MR) is 191 cm³/mol. The van der Waals surface area contributed by atoms with Gasteiger partial charge in [-0.1, -0.05) is 18.1 Å². The topological polar surface area (TPSA) is 115 Å². The first kappa shape index (κ1) is 37.1. The summed E-state index contributed by atoms with van der Waals surface area (Å²) in [4.78, 5) is 38.0. The van der Waals surface area contributed by atoms with Gasteiger partial charge in [0.1, 0.15) is 35.9 Å². The third-order valence-electron chi connectivity index (χ3n) is 9.09. The molecule has 0 bridgehead atoms. The highest BCUT2D eigenvalue weighted by Gasteiger charge is 2.50. The summed E-state index contributed by atoms with van der Waals surface area (Å²) in [5.74, 6) is -0.674. The fourth-order valence-corrected chi connectivity index (χ4v) is 7.55. The van der Waals surface area contributed by atoms with Gasteiger partial charge in [-0.15, -0.1) is 18.5 Å². The third-order valence-corrected chi connectivity index (χ3v) is 10.2. The number of carbonyl (C=O) groups excluding carboxylic acids is 2. The molecule has 1 aliphatic carbocycles. The molecule has 1 aliphatic heterocycles. The van der Waals surface area contributed by atoms with Crippen molar-refractivity contribution < 1.29 is 35.9 Å². The molecule has 5 aromatic rings. The molecule has 2 aromatic carbocycles. The minimum Gasteiger partial charge on any atom is -0.348 e. The SMILES string of the molecule is O=C(Cn1nc(C(F)F)c2c1C(P)(P)CCC2(F)F)N[C@@H](Cc1cc(F)cc(F)c1)c1nc(C#Cc2cncnc2)ccc1-c1ccc2c(c1)C(=O)NC2. The van der Waals surface area contributed by atoms with Crippen molar-refractivity contribution in [3.63, 3.8) is 0 Å². The Morgan fingerprint density at radius 3 is 2.43 bits per heavy atom. The number of pyridine rings is 1. The van der Waals surface area contributed by atoms with Gasteiger partial charge in [-0.05, 0) is 65.8 Å². The van der Waals surface area contributed by atoms with Gasteiger partial charge in [-0.2, -0.15) is 5.10 Å². The normalized spacial score (nSPS) is 15.8. The Bertz CT molecular complexity index is 2340. The van der Waals surface area contributed by atoms with Gasteiger partial charge in [0.2, 0.25) is 5.91 Å². The van der Waals surface area contributed by atoms with Gasteiger partial charge in [0.05, 0.1) is 28.6 Å². The molecule has 3 aromatic heterocycles. The molecular formula is C37H29F6N7O2P2. The van der Waals surface area contributed by atoms with Crippen LogP contribution in [-0.2, 0) is 35.1 Å². The lowest BCUT2D eigenvalue weighted by Crippen LogP contribution is -2.36. The Morgan fingerprint density at radius 1 is 0.963 bits per heavy atom.